The van der Waals surface area contributed by atoms with Crippen molar-refractivity contribution in [3.8, 4) is 0 Å². The normalized spacial score (nSPS) is 25.9. The van der Waals surface area contributed by atoms with Gasteiger partial charge in [0.15, 0.2) is 5.82 Å². The Morgan fingerprint density at radius 2 is 2.12 bits per heavy atom. The molecule has 16 heavy (non-hydrogen) atoms. The molecule has 0 spiro atoms. The van der Waals surface area contributed by atoms with E-state index in [1.807, 2.05) is 6.92 Å². The number of aromatic nitrogens is 2. The molecule has 90 valence electrons. The van der Waals surface area contributed by atoms with E-state index in [2.05, 4.69) is 10.1 Å². The summed E-state index contributed by atoms with van der Waals surface area (Å²) in [6, 6.07) is 0.349. The lowest BCUT2D eigenvalue weighted by molar-refractivity contribution is 0.126. The van der Waals surface area contributed by atoms with Crippen molar-refractivity contribution in [2.75, 3.05) is 6.61 Å². The van der Waals surface area contributed by atoms with Crippen molar-refractivity contribution in [1.29, 1.82) is 0 Å². The van der Waals surface area contributed by atoms with Crippen LogP contribution in [-0.4, -0.2) is 22.8 Å². The third-order valence-electron chi connectivity index (χ3n) is 3.04. The van der Waals surface area contributed by atoms with Gasteiger partial charge < -0.3 is 15.0 Å². The Bertz CT molecular complexity index is 319. The highest BCUT2D eigenvalue weighted by Gasteiger charge is 2.24. The Hall–Kier alpha value is -0.940. The minimum absolute atomic E-state index is 0.349. The number of nitrogens with two attached hydrogens (primary N) is 1. The fourth-order valence-corrected chi connectivity index (χ4v) is 2.05. The zero-order valence-corrected chi connectivity index (χ0v) is 9.69. The first-order chi connectivity index (χ1) is 7.79. The van der Waals surface area contributed by atoms with Crippen LogP contribution < -0.4 is 5.73 Å². The van der Waals surface area contributed by atoms with E-state index < -0.39 is 0 Å². The van der Waals surface area contributed by atoms with E-state index in [-0.39, 0.29) is 0 Å². The number of hydrogen-bond donors (Lipinski definition) is 1. The van der Waals surface area contributed by atoms with Crippen molar-refractivity contribution in [3.05, 3.63) is 11.7 Å². The maximum absolute atomic E-state index is 5.86. The second-order valence-electron chi connectivity index (χ2n) is 4.30. The largest absolute Gasteiger partial charge is 0.374 e. The summed E-state index contributed by atoms with van der Waals surface area (Å²) >= 11 is 0. The Morgan fingerprint density at radius 1 is 1.38 bits per heavy atom. The van der Waals surface area contributed by atoms with Crippen LogP contribution in [0.25, 0.3) is 0 Å². The van der Waals surface area contributed by atoms with Gasteiger partial charge in [-0.05, 0) is 32.6 Å². The summed E-state index contributed by atoms with van der Waals surface area (Å²) < 4.78 is 10.5. The van der Waals surface area contributed by atoms with Gasteiger partial charge in [0.1, 0.15) is 6.61 Å². The van der Waals surface area contributed by atoms with Crippen molar-refractivity contribution in [2.24, 2.45) is 5.73 Å². The standard InChI is InChI=1S/C11H19N3O2/c1-2-15-7-10-13-11(16-14-10)8-3-5-9(12)6-4-8/h8-9H,2-7,12H2,1H3. The molecule has 1 heterocycles. The lowest BCUT2D eigenvalue weighted by Crippen LogP contribution is -2.25. The molecule has 1 aromatic rings. The molecule has 0 unspecified atom stereocenters. The molecule has 5 nitrogen and oxygen atoms in total. The quantitative estimate of drug-likeness (QED) is 0.842. The number of hydrogen-bond acceptors (Lipinski definition) is 5. The van der Waals surface area contributed by atoms with Gasteiger partial charge in [-0.2, -0.15) is 4.98 Å². The van der Waals surface area contributed by atoms with Crippen molar-refractivity contribution < 1.29 is 9.26 Å². The molecule has 0 radical (unpaired) electrons. The van der Waals surface area contributed by atoms with Crippen LogP contribution in [0.1, 0.15) is 50.2 Å². The Labute approximate surface area is 95.3 Å². The van der Waals surface area contributed by atoms with Gasteiger partial charge in [0.25, 0.3) is 0 Å². The van der Waals surface area contributed by atoms with Crippen LogP contribution in [0.5, 0.6) is 0 Å². The fourth-order valence-electron chi connectivity index (χ4n) is 2.05. The van der Waals surface area contributed by atoms with E-state index >= 15 is 0 Å². The lowest BCUT2D eigenvalue weighted by atomic mass is 9.86. The average molecular weight is 225 g/mol. The fraction of sp³-hybridized carbons (Fsp3) is 0.818. The molecule has 2 N–H and O–H groups in total. The van der Waals surface area contributed by atoms with Gasteiger partial charge in [0.05, 0.1) is 0 Å². The molecule has 1 aromatic heterocycles. The molecule has 0 saturated heterocycles. The van der Waals surface area contributed by atoms with Crippen molar-refractivity contribution >= 4 is 0 Å². The minimum atomic E-state index is 0.349. The van der Waals surface area contributed by atoms with E-state index in [9.17, 15) is 0 Å². The van der Waals surface area contributed by atoms with Crippen LogP contribution >= 0.6 is 0 Å². The summed E-state index contributed by atoms with van der Waals surface area (Å²) in [5.74, 6) is 1.79. The van der Waals surface area contributed by atoms with Crippen LogP contribution in [0.15, 0.2) is 4.52 Å². The SMILES string of the molecule is CCOCc1noc(C2CCC(N)CC2)n1. The highest BCUT2D eigenvalue weighted by molar-refractivity contribution is 4.96. The van der Waals surface area contributed by atoms with Crippen LogP contribution in [0, 0.1) is 0 Å². The van der Waals surface area contributed by atoms with E-state index in [4.69, 9.17) is 15.0 Å². The summed E-state index contributed by atoms with van der Waals surface area (Å²) in [4.78, 5) is 4.35. The molecule has 1 aliphatic carbocycles. The molecular formula is C11H19N3O2. The Morgan fingerprint density at radius 3 is 2.81 bits per heavy atom. The second kappa shape index (κ2) is 5.41. The van der Waals surface area contributed by atoms with Gasteiger partial charge in [0.2, 0.25) is 5.89 Å². The van der Waals surface area contributed by atoms with Crippen LogP contribution in [0.2, 0.25) is 0 Å². The monoisotopic (exact) mass is 225 g/mol. The molecule has 0 atom stereocenters. The molecule has 0 aliphatic heterocycles. The predicted molar refractivity (Wildman–Crippen MR) is 58.8 cm³/mol. The first kappa shape index (κ1) is 11.5. The van der Waals surface area contributed by atoms with Gasteiger partial charge in [-0.1, -0.05) is 5.16 Å². The zero-order valence-electron chi connectivity index (χ0n) is 9.69. The molecule has 1 saturated carbocycles. The molecule has 0 aromatic carbocycles. The lowest BCUT2D eigenvalue weighted by Gasteiger charge is -2.22. The van der Waals surface area contributed by atoms with Crippen LogP contribution in [0.3, 0.4) is 0 Å². The van der Waals surface area contributed by atoms with Crippen molar-refractivity contribution in [3.63, 3.8) is 0 Å². The highest BCUT2D eigenvalue weighted by atomic mass is 16.5. The molecule has 1 fully saturated rings. The van der Waals surface area contributed by atoms with E-state index in [0.717, 1.165) is 31.6 Å². The maximum Gasteiger partial charge on any atom is 0.229 e. The molecule has 0 bridgehead atoms. The molecule has 1 aliphatic rings. The second-order valence-corrected chi connectivity index (χ2v) is 4.30. The van der Waals surface area contributed by atoms with Crippen LogP contribution in [-0.2, 0) is 11.3 Å². The smallest absolute Gasteiger partial charge is 0.229 e. The predicted octanol–water partition coefficient (Wildman–Crippen LogP) is 1.59. The summed E-state index contributed by atoms with van der Waals surface area (Å²) in [6.07, 6.45) is 4.20. The summed E-state index contributed by atoms with van der Waals surface area (Å²) in [7, 11) is 0. The summed E-state index contributed by atoms with van der Waals surface area (Å²) in [6.45, 7) is 3.05. The molecule has 0 amide bonds. The molecular weight excluding hydrogens is 206 g/mol. The number of rotatable bonds is 4. The van der Waals surface area contributed by atoms with E-state index in [1.165, 1.54) is 0 Å². The van der Waals surface area contributed by atoms with Crippen molar-refractivity contribution in [2.45, 2.75) is 51.2 Å². The molecule has 2 rings (SSSR count). The maximum atomic E-state index is 5.86. The van der Waals surface area contributed by atoms with Gasteiger partial charge >= 0.3 is 0 Å². The van der Waals surface area contributed by atoms with Crippen LogP contribution in [0.4, 0.5) is 0 Å². The van der Waals surface area contributed by atoms with Gasteiger partial charge in [-0.3, -0.25) is 0 Å². The van der Waals surface area contributed by atoms with Gasteiger partial charge in [-0.25, -0.2) is 0 Å². The third-order valence-corrected chi connectivity index (χ3v) is 3.04. The van der Waals surface area contributed by atoms with E-state index in [0.29, 0.717) is 31.0 Å². The topological polar surface area (TPSA) is 74.2 Å². The summed E-state index contributed by atoms with van der Waals surface area (Å²) in [5, 5.41) is 3.91. The number of nitrogens with zero attached hydrogens (tertiary/aromatic N) is 2. The summed E-state index contributed by atoms with van der Waals surface area (Å²) in [5.41, 5.74) is 5.86. The Kier molecular flexibility index (Phi) is 3.90. The average Bonchev–Trinajstić information content (AvgIpc) is 2.76. The van der Waals surface area contributed by atoms with E-state index in [1.54, 1.807) is 0 Å². The van der Waals surface area contributed by atoms with Gasteiger partial charge in [0, 0.05) is 18.6 Å². The Balaban J connectivity index is 1.91. The first-order valence-corrected chi connectivity index (χ1v) is 5.95. The van der Waals surface area contributed by atoms with Crippen molar-refractivity contribution in [1.82, 2.24) is 10.1 Å². The van der Waals surface area contributed by atoms with Gasteiger partial charge in [-0.15, -0.1) is 0 Å². The number of ether oxygens (including phenoxy) is 1. The highest BCUT2D eigenvalue weighted by Crippen LogP contribution is 2.31. The minimum Gasteiger partial charge on any atom is -0.374 e. The molecule has 5 heteroatoms. The first-order valence-electron chi connectivity index (χ1n) is 5.95. The zero-order chi connectivity index (χ0) is 11.4. The third kappa shape index (κ3) is 2.80.